The molecule has 1 saturated carbocycles. The number of anilines is 2. The molecule has 1 aromatic rings. The van der Waals surface area contributed by atoms with Gasteiger partial charge in [0.05, 0.1) is 11.8 Å². The average molecular weight is 276 g/mol. The summed E-state index contributed by atoms with van der Waals surface area (Å²) < 4.78 is 5.66. The van der Waals surface area contributed by atoms with Gasteiger partial charge in [0.1, 0.15) is 5.82 Å². The molecule has 1 aliphatic heterocycles. The summed E-state index contributed by atoms with van der Waals surface area (Å²) in [6.07, 6.45) is 2.95. The van der Waals surface area contributed by atoms with Crippen molar-refractivity contribution >= 4 is 11.8 Å². The van der Waals surface area contributed by atoms with Gasteiger partial charge in [-0.25, -0.2) is 4.98 Å². The van der Waals surface area contributed by atoms with Crippen LogP contribution in [0.2, 0.25) is 0 Å². The molecule has 1 aromatic heterocycles. The Morgan fingerprint density at radius 3 is 2.45 bits per heavy atom. The SMILES string of the molecule is COC1[C@@H]2CC[C@H]1CN(c1cc(C(C)C)nc(N)n1)C2. The third kappa shape index (κ3) is 2.35. The minimum atomic E-state index is 0.368. The third-order valence-electron chi connectivity index (χ3n) is 4.68. The van der Waals surface area contributed by atoms with E-state index >= 15 is 0 Å². The zero-order chi connectivity index (χ0) is 14.3. The van der Waals surface area contributed by atoms with E-state index in [1.807, 2.05) is 7.11 Å². The summed E-state index contributed by atoms with van der Waals surface area (Å²) in [5.74, 6) is 2.97. The highest BCUT2D eigenvalue weighted by molar-refractivity contribution is 5.45. The van der Waals surface area contributed by atoms with E-state index in [9.17, 15) is 0 Å². The highest BCUT2D eigenvalue weighted by Crippen LogP contribution is 2.40. The number of fused-ring (bicyclic) bond motifs is 2. The Labute approximate surface area is 120 Å². The Morgan fingerprint density at radius 1 is 1.25 bits per heavy atom. The molecule has 5 heteroatoms. The van der Waals surface area contributed by atoms with E-state index in [-0.39, 0.29) is 0 Å². The van der Waals surface area contributed by atoms with E-state index in [1.165, 1.54) is 12.8 Å². The molecular formula is C15H24N4O. The van der Waals surface area contributed by atoms with Gasteiger partial charge in [-0.1, -0.05) is 13.8 Å². The molecule has 1 saturated heterocycles. The van der Waals surface area contributed by atoms with Crippen molar-refractivity contribution in [2.24, 2.45) is 11.8 Å². The first-order chi connectivity index (χ1) is 9.58. The number of nitrogens with zero attached hydrogens (tertiary/aromatic N) is 3. The van der Waals surface area contributed by atoms with E-state index < -0.39 is 0 Å². The molecule has 110 valence electrons. The Kier molecular flexibility index (Phi) is 3.54. The van der Waals surface area contributed by atoms with Crippen molar-refractivity contribution in [1.29, 1.82) is 0 Å². The first kappa shape index (κ1) is 13.6. The van der Waals surface area contributed by atoms with Gasteiger partial charge in [-0.05, 0) is 18.8 Å². The highest BCUT2D eigenvalue weighted by Gasteiger charge is 2.42. The van der Waals surface area contributed by atoms with Crippen molar-refractivity contribution in [2.45, 2.75) is 38.7 Å². The fourth-order valence-electron chi connectivity index (χ4n) is 3.67. The Bertz CT molecular complexity index is 477. The maximum absolute atomic E-state index is 5.87. The van der Waals surface area contributed by atoms with Crippen LogP contribution < -0.4 is 10.6 Å². The van der Waals surface area contributed by atoms with E-state index in [0.29, 0.717) is 29.8 Å². The van der Waals surface area contributed by atoms with Crippen molar-refractivity contribution < 1.29 is 4.74 Å². The molecule has 0 radical (unpaired) electrons. The largest absolute Gasteiger partial charge is 0.381 e. The molecule has 1 unspecified atom stereocenters. The number of nitrogens with two attached hydrogens (primary N) is 1. The standard InChI is InChI=1S/C15H24N4O/c1-9(2)12-6-13(18-15(16)17-12)19-7-10-4-5-11(8-19)14(10)20-3/h6,9-11,14H,4-5,7-8H2,1-3H3,(H2,16,17,18)/t10-,11+,14?. The molecule has 2 N–H and O–H groups in total. The van der Waals surface area contributed by atoms with Gasteiger partial charge in [0.25, 0.3) is 0 Å². The van der Waals surface area contributed by atoms with Crippen LogP contribution in [-0.4, -0.2) is 36.3 Å². The van der Waals surface area contributed by atoms with Crippen LogP contribution in [0, 0.1) is 11.8 Å². The zero-order valence-electron chi connectivity index (χ0n) is 12.5. The van der Waals surface area contributed by atoms with E-state index in [1.54, 1.807) is 0 Å². The minimum Gasteiger partial charge on any atom is -0.381 e. The molecule has 2 bridgehead atoms. The average Bonchev–Trinajstić information content (AvgIpc) is 2.66. The highest BCUT2D eigenvalue weighted by atomic mass is 16.5. The smallest absolute Gasteiger partial charge is 0.222 e. The van der Waals surface area contributed by atoms with Crippen molar-refractivity contribution in [3.63, 3.8) is 0 Å². The van der Waals surface area contributed by atoms with Crippen molar-refractivity contribution in [2.75, 3.05) is 30.8 Å². The number of aromatic nitrogens is 2. The summed E-state index contributed by atoms with van der Waals surface area (Å²) in [5.41, 5.74) is 6.89. The van der Waals surface area contributed by atoms with Crippen molar-refractivity contribution in [3.8, 4) is 0 Å². The predicted molar refractivity (Wildman–Crippen MR) is 79.8 cm³/mol. The fraction of sp³-hybridized carbons (Fsp3) is 0.733. The lowest BCUT2D eigenvalue weighted by molar-refractivity contribution is 0.0294. The number of nitrogen functional groups attached to an aromatic ring is 1. The number of ether oxygens (including phenoxy) is 1. The molecule has 5 nitrogen and oxygen atoms in total. The summed E-state index contributed by atoms with van der Waals surface area (Å²) >= 11 is 0. The topological polar surface area (TPSA) is 64.3 Å². The first-order valence-corrected chi connectivity index (χ1v) is 7.50. The Hall–Kier alpha value is -1.36. The van der Waals surface area contributed by atoms with Crippen LogP contribution in [0.1, 0.15) is 38.3 Å². The number of piperidine rings is 1. The molecule has 3 rings (SSSR count). The Balaban J connectivity index is 1.84. The molecule has 1 aliphatic carbocycles. The van der Waals surface area contributed by atoms with E-state index in [0.717, 1.165) is 24.6 Å². The van der Waals surface area contributed by atoms with Crippen LogP contribution in [0.15, 0.2) is 6.07 Å². The molecular weight excluding hydrogens is 252 g/mol. The van der Waals surface area contributed by atoms with Crippen LogP contribution in [0.5, 0.6) is 0 Å². The molecule has 3 atom stereocenters. The number of hydrogen-bond acceptors (Lipinski definition) is 5. The molecule has 0 aromatic carbocycles. The quantitative estimate of drug-likeness (QED) is 0.915. The van der Waals surface area contributed by atoms with Crippen LogP contribution in [-0.2, 0) is 4.74 Å². The van der Waals surface area contributed by atoms with Crippen LogP contribution in [0.4, 0.5) is 11.8 Å². The summed E-state index contributed by atoms with van der Waals surface area (Å²) in [5, 5.41) is 0. The lowest BCUT2D eigenvalue weighted by Gasteiger charge is -2.38. The third-order valence-corrected chi connectivity index (χ3v) is 4.68. The van der Waals surface area contributed by atoms with Gasteiger partial charge in [-0.2, -0.15) is 4.98 Å². The van der Waals surface area contributed by atoms with Crippen LogP contribution in [0.25, 0.3) is 0 Å². The second-order valence-electron chi connectivity index (χ2n) is 6.37. The van der Waals surface area contributed by atoms with Gasteiger partial charge >= 0.3 is 0 Å². The molecule has 20 heavy (non-hydrogen) atoms. The Morgan fingerprint density at radius 2 is 1.90 bits per heavy atom. The summed E-state index contributed by atoms with van der Waals surface area (Å²) in [6.45, 7) is 6.30. The maximum Gasteiger partial charge on any atom is 0.222 e. The van der Waals surface area contributed by atoms with Crippen LogP contribution in [0.3, 0.4) is 0 Å². The van der Waals surface area contributed by atoms with E-state index in [2.05, 4.69) is 34.8 Å². The first-order valence-electron chi connectivity index (χ1n) is 7.50. The maximum atomic E-state index is 5.87. The van der Waals surface area contributed by atoms with Crippen LogP contribution >= 0.6 is 0 Å². The lowest BCUT2D eigenvalue weighted by atomic mass is 9.95. The second kappa shape index (κ2) is 5.20. The number of rotatable bonds is 3. The summed E-state index contributed by atoms with van der Waals surface area (Å²) in [7, 11) is 1.84. The zero-order valence-corrected chi connectivity index (χ0v) is 12.5. The second-order valence-corrected chi connectivity index (χ2v) is 6.37. The van der Waals surface area contributed by atoms with Gasteiger partial charge in [0, 0.05) is 38.1 Å². The van der Waals surface area contributed by atoms with Gasteiger partial charge in [-0.3, -0.25) is 0 Å². The summed E-state index contributed by atoms with van der Waals surface area (Å²) in [6, 6.07) is 2.09. The number of methoxy groups -OCH3 is 1. The van der Waals surface area contributed by atoms with Gasteiger partial charge in [0.15, 0.2) is 0 Å². The fourth-order valence-corrected chi connectivity index (χ4v) is 3.67. The van der Waals surface area contributed by atoms with Crippen molar-refractivity contribution in [1.82, 2.24) is 9.97 Å². The van der Waals surface area contributed by atoms with Gasteiger partial charge in [-0.15, -0.1) is 0 Å². The molecule has 2 heterocycles. The lowest BCUT2D eigenvalue weighted by Crippen LogP contribution is -2.46. The normalized spacial score (nSPS) is 29.2. The minimum absolute atomic E-state index is 0.368. The summed E-state index contributed by atoms with van der Waals surface area (Å²) in [4.78, 5) is 11.1. The van der Waals surface area contributed by atoms with Crippen molar-refractivity contribution in [3.05, 3.63) is 11.8 Å². The monoisotopic (exact) mass is 276 g/mol. The van der Waals surface area contributed by atoms with Gasteiger partial charge < -0.3 is 15.4 Å². The molecule has 0 spiro atoms. The van der Waals surface area contributed by atoms with E-state index in [4.69, 9.17) is 10.5 Å². The predicted octanol–water partition coefficient (Wildman–Crippen LogP) is 2.04. The van der Waals surface area contributed by atoms with Gasteiger partial charge in [0.2, 0.25) is 5.95 Å². The molecule has 0 amide bonds. The molecule has 2 fully saturated rings. The number of hydrogen-bond donors (Lipinski definition) is 1. The molecule has 2 aliphatic rings.